The normalized spacial score (nSPS) is 17.7. The first-order valence-electron chi connectivity index (χ1n) is 5.87. The van der Waals surface area contributed by atoms with E-state index >= 15 is 0 Å². The molecule has 16 heavy (non-hydrogen) atoms. The number of carbonyl (C=O) groups excluding carboxylic acids is 1. The van der Waals surface area contributed by atoms with Crippen LogP contribution in [0.2, 0.25) is 0 Å². The second-order valence-electron chi connectivity index (χ2n) is 5.59. The van der Waals surface area contributed by atoms with Gasteiger partial charge in [-0.05, 0) is 18.8 Å². The minimum Gasteiger partial charge on any atom is -0.396 e. The summed E-state index contributed by atoms with van der Waals surface area (Å²) in [6.45, 7) is 9.86. The summed E-state index contributed by atoms with van der Waals surface area (Å²) >= 11 is 0. The number of hydrogen-bond acceptors (Lipinski definition) is 3. The summed E-state index contributed by atoms with van der Waals surface area (Å²) in [4.78, 5) is 11.8. The molecule has 0 spiro atoms. The van der Waals surface area contributed by atoms with Crippen LogP contribution < -0.4 is 11.1 Å². The van der Waals surface area contributed by atoms with E-state index in [4.69, 9.17) is 10.8 Å². The Bertz CT molecular complexity index is 222. The number of aliphatic hydroxyl groups excluding tert-OH is 1. The third kappa shape index (κ3) is 4.94. The highest BCUT2D eigenvalue weighted by Gasteiger charge is 2.28. The van der Waals surface area contributed by atoms with Crippen molar-refractivity contribution in [3.63, 3.8) is 0 Å². The van der Waals surface area contributed by atoms with Crippen LogP contribution in [-0.2, 0) is 4.79 Å². The van der Waals surface area contributed by atoms with Crippen LogP contribution in [0.15, 0.2) is 0 Å². The maximum atomic E-state index is 11.8. The molecule has 1 amide bonds. The first kappa shape index (κ1) is 15.4. The van der Waals surface area contributed by atoms with E-state index in [1.807, 2.05) is 34.6 Å². The van der Waals surface area contributed by atoms with Gasteiger partial charge in [-0.1, -0.05) is 27.7 Å². The van der Waals surface area contributed by atoms with Crippen LogP contribution in [0.5, 0.6) is 0 Å². The summed E-state index contributed by atoms with van der Waals surface area (Å²) in [5, 5.41) is 11.9. The number of hydrogen-bond donors (Lipinski definition) is 3. The Morgan fingerprint density at radius 2 is 1.88 bits per heavy atom. The van der Waals surface area contributed by atoms with Gasteiger partial charge in [0.15, 0.2) is 0 Å². The van der Waals surface area contributed by atoms with Crippen molar-refractivity contribution >= 4 is 5.91 Å². The highest BCUT2D eigenvalue weighted by atomic mass is 16.3. The van der Waals surface area contributed by atoms with Gasteiger partial charge in [-0.3, -0.25) is 4.79 Å². The Morgan fingerprint density at radius 3 is 2.19 bits per heavy atom. The lowest BCUT2D eigenvalue weighted by atomic mass is 9.84. The zero-order valence-electron chi connectivity index (χ0n) is 11.1. The quantitative estimate of drug-likeness (QED) is 0.656. The number of carbonyl (C=O) groups is 1. The Labute approximate surface area is 98.6 Å². The topological polar surface area (TPSA) is 75.4 Å². The highest BCUT2D eigenvalue weighted by Crippen LogP contribution is 2.22. The van der Waals surface area contributed by atoms with Crippen LogP contribution in [0.3, 0.4) is 0 Å². The Hall–Kier alpha value is -0.610. The van der Waals surface area contributed by atoms with Crippen molar-refractivity contribution in [3.05, 3.63) is 0 Å². The molecular weight excluding hydrogens is 204 g/mol. The van der Waals surface area contributed by atoms with Gasteiger partial charge in [-0.2, -0.15) is 0 Å². The van der Waals surface area contributed by atoms with Crippen LogP contribution in [0.1, 0.15) is 41.0 Å². The lowest BCUT2D eigenvalue weighted by molar-refractivity contribution is -0.126. The highest BCUT2D eigenvalue weighted by molar-refractivity contribution is 5.79. The number of aliphatic hydroxyl groups is 1. The third-order valence-corrected chi connectivity index (χ3v) is 2.98. The average molecular weight is 230 g/mol. The molecule has 4 nitrogen and oxygen atoms in total. The van der Waals surface area contributed by atoms with Crippen molar-refractivity contribution < 1.29 is 9.90 Å². The fraction of sp³-hybridized carbons (Fsp3) is 0.917. The minimum absolute atomic E-state index is 0.0220. The van der Waals surface area contributed by atoms with E-state index in [-0.39, 0.29) is 35.9 Å². The van der Waals surface area contributed by atoms with E-state index < -0.39 is 0 Å². The minimum atomic E-state index is -0.205. The number of nitrogens with two attached hydrogens (primary N) is 1. The predicted molar refractivity (Wildman–Crippen MR) is 65.9 cm³/mol. The molecule has 0 radical (unpaired) electrons. The van der Waals surface area contributed by atoms with Gasteiger partial charge in [0.25, 0.3) is 0 Å². The summed E-state index contributed by atoms with van der Waals surface area (Å²) in [5.74, 6) is -0.244. The molecule has 96 valence electrons. The van der Waals surface area contributed by atoms with Gasteiger partial charge in [0.2, 0.25) is 5.91 Å². The van der Waals surface area contributed by atoms with Crippen LogP contribution in [0.25, 0.3) is 0 Å². The van der Waals surface area contributed by atoms with Crippen molar-refractivity contribution in [1.29, 1.82) is 0 Å². The molecule has 4 heteroatoms. The van der Waals surface area contributed by atoms with Gasteiger partial charge in [0.05, 0.1) is 0 Å². The molecule has 0 aromatic carbocycles. The molecule has 0 aliphatic rings. The number of amides is 1. The summed E-state index contributed by atoms with van der Waals surface area (Å²) in [5.41, 5.74) is 5.63. The molecule has 0 bridgehead atoms. The van der Waals surface area contributed by atoms with E-state index in [2.05, 4.69) is 5.32 Å². The van der Waals surface area contributed by atoms with E-state index in [0.29, 0.717) is 6.42 Å². The summed E-state index contributed by atoms with van der Waals surface area (Å²) in [6, 6.07) is -0.180. The van der Waals surface area contributed by atoms with Gasteiger partial charge in [0, 0.05) is 24.6 Å². The average Bonchev–Trinajstić information content (AvgIpc) is 2.14. The Balaban J connectivity index is 4.46. The largest absolute Gasteiger partial charge is 0.396 e. The molecule has 0 saturated heterocycles. The molecule has 3 atom stereocenters. The van der Waals surface area contributed by atoms with Crippen molar-refractivity contribution in [2.75, 3.05) is 6.61 Å². The molecule has 3 unspecified atom stereocenters. The molecule has 0 aliphatic carbocycles. The molecule has 0 aliphatic heterocycles. The maximum absolute atomic E-state index is 11.8. The van der Waals surface area contributed by atoms with Gasteiger partial charge >= 0.3 is 0 Å². The Kier molecular flexibility index (Phi) is 5.97. The van der Waals surface area contributed by atoms with E-state index in [0.717, 1.165) is 0 Å². The molecule has 0 rings (SSSR count). The summed E-state index contributed by atoms with van der Waals surface area (Å²) in [6.07, 6.45) is 0.570. The SMILES string of the molecule is CC(N)C(C)C(=O)NC(CCO)C(C)(C)C. The van der Waals surface area contributed by atoms with Crippen LogP contribution >= 0.6 is 0 Å². The molecule has 0 aromatic heterocycles. The second kappa shape index (κ2) is 6.21. The molecule has 0 fully saturated rings. The number of rotatable bonds is 5. The van der Waals surface area contributed by atoms with Crippen molar-refractivity contribution in [3.8, 4) is 0 Å². The number of nitrogens with one attached hydrogen (secondary N) is 1. The van der Waals surface area contributed by atoms with Crippen molar-refractivity contribution in [1.82, 2.24) is 5.32 Å². The molecule has 4 N–H and O–H groups in total. The first-order chi connectivity index (χ1) is 7.20. The van der Waals surface area contributed by atoms with Crippen molar-refractivity contribution in [2.24, 2.45) is 17.1 Å². The van der Waals surface area contributed by atoms with Crippen molar-refractivity contribution in [2.45, 2.75) is 53.1 Å². The summed E-state index contributed by atoms with van der Waals surface area (Å²) in [7, 11) is 0. The zero-order valence-corrected chi connectivity index (χ0v) is 11.1. The first-order valence-corrected chi connectivity index (χ1v) is 5.87. The van der Waals surface area contributed by atoms with Crippen LogP contribution in [0, 0.1) is 11.3 Å². The fourth-order valence-corrected chi connectivity index (χ4v) is 1.39. The van der Waals surface area contributed by atoms with E-state index in [1.165, 1.54) is 0 Å². The Morgan fingerprint density at radius 1 is 1.38 bits per heavy atom. The summed E-state index contributed by atoms with van der Waals surface area (Å²) < 4.78 is 0. The third-order valence-electron chi connectivity index (χ3n) is 2.98. The lowest BCUT2D eigenvalue weighted by Gasteiger charge is -2.32. The fourth-order valence-electron chi connectivity index (χ4n) is 1.39. The molecule has 0 aromatic rings. The van der Waals surface area contributed by atoms with Gasteiger partial charge < -0.3 is 16.2 Å². The maximum Gasteiger partial charge on any atom is 0.224 e. The van der Waals surface area contributed by atoms with Gasteiger partial charge in [-0.25, -0.2) is 0 Å². The standard InChI is InChI=1S/C12H26N2O2/c1-8(9(2)13)11(16)14-10(6-7-15)12(3,4)5/h8-10,15H,6-7,13H2,1-5H3,(H,14,16). The van der Waals surface area contributed by atoms with Gasteiger partial charge in [0.1, 0.15) is 0 Å². The second-order valence-corrected chi connectivity index (χ2v) is 5.59. The lowest BCUT2D eigenvalue weighted by Crippen LogP contribution is -2.48. The monoisotopic (exact) mass is 230 g/mol. The van der Waals surface area contributed by atoms with E-state index in [1.54, 1.807) is 0 Å². The predicted octanol–water partition coefficient (Wildman–Crippen LogP) is 0.883. The van der Waals surface area contributed by atoms with Crippen LogP contribution in [-0.4, -0.2) is 29.7 Å². The zero-order chi connectivity index (χ0) is 12.9. The molecular formula is C12H26N2O2. The smallest absolute Gasteiger partial charge is 0.224 e. The molecule has 0 saturated carbocycles. The molecule has 0 heterocycles. The van der Waals surface area contributed by atoms with Gasteiger partial charge in [-0.15, -0.1) is 0 Å². The van der Waals surface area contributed by atoms with E-state index in [9.17, 15) is 4.79 Å². The van der Waals surface area contributed by atoms with Crippen LogP contribution in [0.4, 0.5) is 0 Å².